The fraction of sp³-hybridized carbons (Fsp3) is 0.286. The van der Waals surface area contributed by atoms with Crippen molar-refractivity contribution in [3.05, 3.63) is 46.2 Å². The molecule has 0 unspecified atom stereocenters. The van der Waals surface area contributed by atoms with Crippen LogP contribution in [0.2, 0.25) is 5.15 Å². The summed E-state index contributed by atoms with van der Waals surface area (Å²) in [4.78, 5) is 11.4. The van der Waals surface area contributed by atoms with Crippen LogP contribution in [0.15, 0.2) is 24.3 Å². The van der Waals surface area contributed by atoms with Crippen molar-refractivity contribution in [3.8, 4) is 5.69 Å². The Morgan fingerprint density at radius 2 is 2.11 bits per heavy atom. The van der Waals surface area contributed by atoms with Crippen molar-refractivity contribution in [2.24, 2.45) is 0 Å². The number of nitrogens with zero attached hydrogens (tertiary/aromatic N) is 2. The van der Waals surface area contributed by atoms with Crippen LogP contribution < -0.4 is 0 Å². The molecule has 0 aliphatic heterocycles. The first-order valence-electron chi connectivity index (χ1n) is 6.17. The highest BCUT2D eigenvalue weighted by Crippen LogP contribution is 2.43. The number of carbonyl (C=O) groups is 1. The molecule has 0 bridgehead atoms. The van der Waals surface area contributed by atoms with E-state index in [-0.39, 0.29) is 16.6 Å². The monoisotopic (exact) mass is 276 g/mol. The van der Waals surface area contributed by atoms with Crippen LogP contribution in [0, 0.1) is 6.92 Å². The Morgan fingerprint density at radius 3 is 2.68 bits per heavy atom. The molecule has 2 aromatic rings. The minimum Gasteiger partial charge on any atom is -0.478 e. The second-order valence-electron chi connectivity index (χ2n) is 4.83. The van der Waals surface area contributed by atoms with Gasteiger partial charge in [-0.05, 0) is 31.4 Å². The van der Waals surface area contributed by atoms with E-state index in [1.807, 2.05) is 31.2 Å². The van der Waals surface area contributed by atoms with Crippen molar-refractivity contribution in [2.75, 3.05) is 0 Å². The van der Waals surface area contributed by atoms with Gasteiger partial charge >= 0.3 is 5.97 Å². The Labute approximate surface area is 115 Å². The number of hydrogen-bond donors (Lipinski definition) is 1. The number of aromatic nitrogens is 2. The van der Waals surface area contributed by atoms with Crippen molar-refractivity contribution in [2.45, 2.75) is 25.7 Å². The van der Waals surface area contributed by atoms with Gasteiger partial charge < -0.3 is 5.11 Å². The highest BCUT2D eigenvalue weighted by molar-refractivity contribution is 6.33. The van der Waals surface area contributed by atoms with E-state index in [0.717, 1.165) is 24.1 Å². The Kier molecular flexibility index (Phi) is 2.82. The average Bonchev–Trinajstić information content (AvgIpc) is 3.14. The van der Waals surface area contributed by atoms with E-state index in [2.05, 4.69) is 5.10 Å². The molecule has 1 fully saturated rings. The zero-order valence-corrected chi connectivity index (χ0v) is 11.2. The van der Waals surface area contributed by atoms with Gasteiger partial charge in [0.15, 0.2) is 0 Å². The lowest BCUT2D eigenvalue weighted by Crippen LogP contribution is -2.00. The lowest BCUT2D eigenvalue weighted by molar-refractivity contribution is 0.0696. The van der Waals surface area contributed by atoms with Gasteiger partial charge in [-0.1, -0.05) is 29.8 Å². The van der Waals surface area contributed by atoms with Crippen molar-refractivity contribution in [1.82, 2.24) is 9.78 Å². The Morgan fingerprint density at radius 1 is 1.42 bits per heavy atom. The summed E-state index contributed by atoms with van der Waals surface area (Å²) in [6.07, 6.45) is 1.97. The van der Waals surface area contributed by atoms with Gasteiger partial charge in [0.25, 0.3) is 0 Å². The molecule has 1 aromatic carbocycles. The SMILES string of the molecule is Cc1ccccc1-n1nc(C2CC2)c(C(=O)O)c1Cl. The van der Waals surface area contributed by atoms with Crippen LogP contribution in [0.25, 0.3) is 5.69 Å². The molecule has 98 valence electrons. The van der Waals surface area contributed by atoms with E-state index in [1.165, 1.54) is 4.68 Å². The molecule has 19 heavy (non-hydrogen) atoms. The van der Waals surface area contributed by atoms with Gasteiger partial charge in [-0.3, -0.25) is 0 Å². The Balaban J connectivity index is 2.20. The van der Waals surface area contributed by atoms with Crippen LogP contribution in [0.5, 0.6) is 0 Å². The summed E-state index contributed by atoms with van der Waals surface area (Å²) in [7, 11) is 0. The van der Waals surface area contributed by atoms with Crippen LogP contribution in [0.1, 0.15) is 40.4 Å². The number of aryl methyl sites for hydroxylation is 1. The zero-order valence-electron chi connectivity index (χ0n) is 10.4. The van der Waals surface area contributed by atoms with E-state index >= 15 is 0 Å². The molecule has 3 rings (SSSR count). The normalized spacial score (nSPS) is 14.6. The maximum Gasteiger partial charge on any atom is 0.340 e. The summed E-state index contributed by atoms with van der Waals surface area (Å²) in [6, 6.07) is 7.65. The number of rotatable bonds is 3. The first-order valence-corrected chi connectivity index (χ1v) is 6.55. The predicted octanol–water partition coefficient (Wildman–Crippen LogP) is 3.41. The molecular weight excluding hydrogens is 264 g/mol. The Hall–Kier alpha value is -1.81. The fourth-order valence-electron chi connectivity index (χ4n) is 2.21. The summed E-state index contributed by atoms with van der Waals surface area (Å²) >= 11 is 6.22. The van der Waals surface area contributed by atoms with Gasteiger partial charge in [-0.2, -0.15) is 5.10 Å². The molecule has 1 aliphatic carbocycles. The molecule has 1 aromatic heterocycles. The van der Waals surface area contributed by atoms with E-state index in [1.54, 1.807) is 0 Å². The number of hydrogen-bond acceptors (Lipinski definition) is 2. The summed E-state index contributed by atoms with van der Waals surface area (Å²) in [5, 5.41) is 13.9. The molecule has 4 nitrogen and oxygen atoms in total. The number of halogens is 1. The molecule has 1 heterocycles. The van der Waals surface area contributed by atoms with Crippen LogP contribution in [-0.2, 0) is 0 Å². The lowest BCUT2D eigenvalue weighted by atomic mass is 10.2. The summed E-state index contributed by atoms with van der Waals surface area (Å²) in [5.74, 6) is -0.763. The number of carboxylic acids is 1. The van der Waals surface area contributed by atoms with E-state index in [0.29, 0.717) is 5.69 Å². The van der Waals surface area contributed by atoms with Gasteiger partial charge in [0.2, 0.25) is 0 Å². The number of para-hydroxylation sites is 1. The molecule has 0 atom stereocenters. The third kappa shape index (κ3) is 2.02. The first kappa shape index (κ1) is 12.2. The Bertz CT molecular complexity index is 659. The van der Waals surface area contributed by atoms with Crippen LogP contribution in [-0.4, -0.2) is 20.9 Å². The largest absolute Gasteiger partial charge is 0.478 e. The fourth-order valence-corrected chi connectivity index (χ4v) is 2.52. The van der Waals surface area contributed by atoms with E-state index in [4.69, 9.17) is 11.6 Å². The van der Waals surface area contributed by atoms with Gasteiger partial charge in [0, 0.05) is 5.92 Å². The van der Waals surface area contributed by atoms with E-state index < -0.39 is 5.97 Å². The van der Waals surface area contributed by atoms with Crippen LogP contribution >= 0.6 is 11.6 Å². The summed E-state index contributed by atoms with van der Waals surface area (Å²) in [5.41, 5.74) is 2.58. The van der Waals surface area contributed by atoms with Gasteiger partial charge in [0.1, 0.15) is 10.7 Å². The molecular formula is C14H13ClN2O2. The average molecular weight is 277 g/mol. The van der Waals surface area contributed by atoms with Gasteiger partial charge in [-0.25, -0.2) is 9.48 Å². The third-order valence-electron chi connectivity index (χ3n) is 3.38. The topological polar surface area (TPSA) is 55.1 Å². The maximum atomic E-state index is 11.4. The van der Waals surface area contributed by atoms with Crippen molar-refractivity contribution in [3.63, 3.8) is 0 Å². The minimum absolute atomic E-state index is 0.146. The smallest absolute Gasteiger partial charge is 0.340 e. The second kappa shape index (κ2) is 4.38. The minimum atomic E-state index is -1.01. The van der Waals surface area contributed by atoms with Gasteiger partial charge in [0.05, 0.1) is 11.4 Å². The highest BCUT2D eigenvalue weighted by atomic mass is 35.5. The van der Waals surface area contributed by atoms with E-state index in [9.17, 15) is 9.90 Å². The highest BCUT2D eigenvalue weighted by Gasteiger charge is 2.34. The quantitative estimate of drug-likeness (QED) is 0.935. The van der Waals surface area contributed by atoms with Crippen molar-refractivity contribution >= 4 is 17.6 Å². The molecule has 0 radical (unpaired) electrons. The summed E-state index contributed by atoms with van der Waals surface area (Å²) < 4.78 is 1.54. The molecule has 0 spiro atoms. The molecule has 1 saturated carbocycles. The number of benzene rings is 1. The molecule has 5 heteroatoms. The van der Waals surface area contributed by atoms with Crippen LogP contribution in [0.3, 0.4) is 0 Å². The standard InChI is InChI=1S/C14H13ClN2O2/c1-8-4-2-3-5-10(8)17-13(15)11(14(18)19)12(16-17)9-6-7-9/h2-5,9H,6-7H2,1H3,(H,18,19). The van der Waals surface area contributed by atoms with Gasteiger partial charge in [-0.15, -0.1) is 0 Å². The molecule has 1 N–H and O–H groups in total. The second-order valence-corrected chi connectivity index (χ2v) is 5.19. The molecule has 0 amide bonds. The van der Waals surface area contributed by atoms with Crippen LogP contribution in [0.4, 0.5) is 0 Å². The summed E-state index contributed by atoms with van der Waals surface area (Å²) in [6.45, 7) is 1.95. The van der Waals surface area contributed by atoms with Crippen molar-refractivity contribution in [1.29, 1.82) is 0 Å². The first-order chi connectivity index (χ1) is 9.09. The zero-order chi connectivity index (χ0) is 13.6. The third-order valence-corrected chi connectivity index (χ3v) is 3.73. The molecule has 0 saturated heterocycles. The lowest BCUT2D eigenvalue weighted by Gasteiger charge is -2.06. The van der Waals surface area contributed by atoms with Crippen molar-refractivity contribution < 1.29 is 9.90 Å². The predicted molar refractivity (Wildman–Crippen MR) is 72.2 cm³/mol. The number of aromatic carboxylic acids is 1. The molecule has 1 aliphatic rings. The number of carboxylic acid groups (broad SMARTS) is 1. The maximum absolute atomic E-state index is 11.4.